The van der Waals surface area contributed by atoms with Crippen molar-refractivity contribution in [1.29, 1.82) is 0 Å². The van der Waals surface area contributed by atoms with Gasteiger partial charge in [-0.3, -0.25) is 14.6 Å². The molecule has 4 rings (SSSR count). The van der Waals surface area contributed by atoms with E-state index in [0.29, 0.717) is 23.7 Å². The minimum Gasteiger partial charge on any atom is -0.379 e. The molecule has 0 radical (unpaired) electrons. The summed E-state index contributed by atoms with van der Waals surface area (Å²) in [5.74, 6) is 0.508. The van der Waals surface area contributed by atoms with Gasteiger partial charge in [0.2, 0.25) is 5.91 Å². The van der Waals surface area contributed by atoms with E-state index >= 15 is 0 Å². The van der Waals surface area contributed by atoms with Crippen molar-refractivity contribution in [3.05, 3.63) is 66.1 Å². The Labute approximate surface area is 192 Å². The minimum absolute atomic E-state index is 0.125. The fourth-order valence-electron chi connectivity index (χ4n) is 3.73. The average Bonchev–Trinajstić information content (AvgIpc) is 2.84. The molecule has 0 atom stereocenters. The van der Waals surface area contributed by atoms with E-state index in [2.05, 4.69) is 30.7 Å². The molecule has 0 saturated carbocycles. The lowest BCUT2D eigenvalue weighted by Crippen LogP contribution is -2.48. The molecule has 2 aromatic heterocycles. The Balaban J connectivity index is 1.43. The van der Waals surface area contributed by atoms with E-state index < -0.39 is 0 Å². The molecule has 1 aliphatic heterocycles. The predicted octanol–water partition coefficient (Wildman–Crippen LogP) is 3.10. The maximum Gasteiger partial charge on any atom is 0.219 e. The lowest BCUT2D eigenvalue weighted by molar-refractivity contribution is -0.129. The van der Waals surface area contributed by atoms with Crippen LogP contribution in [0.15, 0.2) is 54.9 Å². The zero-order chi connectivity index (χ0) is 23.2. The van der Waals surface area contributed by atoms with Crippen LogP contribution in [0.25, 0.3) is 0 Å². The van der Waals surface area contributed by atoms with E-state index in [9.17, 15) is 9.59 Å². The highest BCUT2D eigenvalue weighted by Crippen LogP contribution is 2.24. The summed E-state index contributed by atoms with van der Waals surface area (Å²) < 4.78 is 0. The van der Waals surface area contributed by atoms with Gasteiger partial charge in [0.1, 0.15) is 0 Å². The first-order valence-electron chi connectivity index (χ1n) is 10.9. The minimum atomic E-state index is -0.156. The molecule has 0 aliphatic carbocycles. The van der Waals surface area contributed by atoms with E-state index in [1.807, 2.05) is 41.3 Å². The van der Waals surface area contributed by atoms with E-state index in [1.165, 1.54) is 6.92 Å². The number of carbonyl (C=O) groups is 2. The van der Waals surface area contributed by atoms with Crippen LogP contribution in [0.5, 0.6) is 0 Å². The second-order valence-corrected chi connectivity index (χ2v) is 7.93. The van der Waals surface area contributed by atoms with Crippen molar-refractivity contribution >= 4 is 34.6 Å². The zero-order valence-corrected chi connectivity index (χ0v) is 18.8. The van der Waals surface area contributed by atoms with Gasteiger partial charge in [0.25, 0.3) is 0 Å². The normalized spacial score (nSPS) is 13.5. The number of rotatable bonds is 7. The highest BCUT2D eigenvalue weighted by Gasteiger charge is 2.18. The van der Waals surface area contributed by atoms with Crippen LogP contribution in [-0.2, 0) is 11.3 Å². The van der Waals surface area contributed by atoms with Gasteiger partial charge in [-0.25, -0.2) is 0 Å². The van der Waals surface area contributed by atoms with Gasteiger partial charge in [-0.15, -0.1) is 10.2 Å². The number of Topliss-reactive ketones (excluding diaryl/α,β-unsaturated/α-hetero) is 1. The van der Waals surface area contributed by atoms with Crippen molar-refractivity contribution in [3.63, 3.8) is 0 Å². The number of ketones is 1. The van der Waals surface area contributed by atoms with E-state index in [-0.39, 0.29) is 11.7 Å². The molecule has 170 valence electrons. The number of aromatic nitrogens is 3. The fraction of sp³-hybridized carbons (Fsp3) is 0.292. The number of hydrogen-bond donors (Lipinski definition) is 2. The number of nitrogens with one attached hydrogen (secondary N) is 2. The molecular weight excluding hydrogens is 418 g/mol. The Morgan fingerprint density at radius 3 is 2.39 bits per heavy atom. The first-order chi connectivity index (χ1) is 16.0. The number of nitrogens with zero attached hydrogens (tertiary/aromatic N) is 5. The topological polar surface area (TPSA) is 103 Å². The highest BCUT2D eigenvalue weighted by molar-refractivity contribution is 5.97. The standard InChI is InChI=1S/C24H27N7O2/c1-17(32)24-22(26-16-19-4-3-9-25-15-19)14-23(28-29-24)27-20-5-7-21(8-6-20)31-12-10-30(11-13-31)18(2)33/h3-9,14-15H,10-13,16H2,1-2H3,(H2,26,27,28). The van der Waals surface area contributed by atoms with E-state index in [1.54, 1.807) is 25.4 Å². The van der Waals surface area contributed by atoms with Crippen LogP contribution >= 0.6 is 0 Å². The summed E-state index contributed by atoms with van der Waals surface area (Å²) in [6.07, 6.45) is 3.49. The summed E-state index contributed by atoms with van der Waals surface area (Å²) in [4.78, 5) is 31.8. The molecule has 1 saturated heterocycles. The molecular formula is C24H27N7O2. The number of piperazine rings is 1. The van der Waals surface area contributed by atoms with Crippen molar-refractivity contribution < 1.29 is 9.59 Å². The van der Waals surface area contributed by atoms with Gasteiger partial charge in [0.15, 0.2) is 17.3 Å². The van der Waals surface area contributed by atoms with Crippen LogP contribution in [0.2, 0.25) is 0 Å². The lowest BCUT2D eigenvalue weighted by atomic mass is 10.2. The predicted molar refractivity (Wildman–Crippen MR) is 128 cm³/mol. The van der Waals surface area contributed by atoms with Gasteiger partial charge in [0.05, 0.1) is 5.69 Å². The van der Waals surface area contributed by atoms with Gasteiger partial charge in [-0.2, -0.15) is 0 Å². The van der Waals surface area contributed by atoms with Crippen LogP contribution in [0.3, 0.4) is 0 Å². The van der Waals surface area contributed by atoms with Crippen LogP contribution in [-0.4, -0.2) is 58.0 Å². The maximum absolute atomic E-state index is 12.0. The SMILES string of the molecule is CC(=O)c1nnc(Nc2ccc(N3CCN(C(C)=O)CC3)cc2)cc1NCc1cccnc1. The third-order valence-electron chi connectivity index (χ3n) is 5.56. The number of hydrogen-bond acceptors (Lipinski definition) is 8. The van der Waals surface area contributed by atoms with E-state index in [4.69, 9.17) is 0 Å². The number of amides is 1. The van der Waals surface area contributed by atoms with Gasteiger partial charge >= 0.3 is 0 Å². The number of anilines is 4. The molecule has 0 spiro atoms. The van der Waals surface area contributed by atoms with Crippen molar-refractivity contribution in [2.45, 2.75) is 20.4 Å². The monoisotopic (exact) mass is 445 g/mol. The molecule has 9 heteroatoms. The fourth-order valence-corrected chi connectivity index (χ4v) is 3.73. The van der Waals surface area contributed by atoms with Crippen LogP contribution < -0.4 is 15.5 Å². The first kappa shape index (κ1) is 22.2. The van der Waals surface area contributed by atoms with Crippen LogP contribution in [0.1, 0.15) is 29.9 Å². The first-order valence-corrected chi connectivity index (χ1v) is 10.9. The molecule has 0 unspecified atom stereocenters. The van der Waals surface area contributed by atoms with Crippen LogP contribution in [0.4, 0.5) is 22.9 Å². The molecule has 1 aliphatic rings. The Morgan fingerprint density at radius 2 is 1.76 bits per heavy atom. The number of benzene rings is 1. The van der Waals surface area contributed by atoms with Gasteiger partial charge < -0.3 is 20.4 Å². The molecule has 0 bridgehead atoms. The Hall–Kier alpha value is -4.01. The third kappa shape index (κ3) is 5.62. The maximum atomic E-state index is 12.0. The van der Waals surface area contributed by atoms with Gasteiger partial charge in [-0.1, -0.05) is 6.07 Å². The number of pyridine rings is 1. The molecule has 2 N–H and O–H groups in total. The smallest absolute Gasteiger partial charge is 0.219 e. The van der Waals surface area contributed by atoms with Crippen molar-refractivity contribution in [1.82, 2.24) is 20.1 Å². The molecule has 1 amide bonds. The summed E-state index contributed by atoms with van der Waals surface area (Å²) in [5.41, 5.74) is 3.89. The molecule has 1 fully saturated rings. The van der Waals surface area contributed by atoms with Crippen molar-refractivity contribution in [2.75, 3.05) is 41.7 Å². The summed E-state index contributed by atoms with van der Waals surface area (Å²) in [6.45, 7) is 6.71. The Morgan fingerprint density at radius 1 is 1.00 bits per heavy atom. The Bertz CT molecular complexity index is 1110. The second-order valence-electron chi connectivity index (χ2n) is 7.93. The molecule has 9 nitrogen and oxygen atoms in total. The summed E-state index contributed by atoms with van der Waals surface area (Å²) in [7, 11) is 0. The molecule has 33 heavy (non-hydrogen) atoms. The second kappa shape index (κ2) is 10.1. The highest BCUT2D eigenvalue weighted by atomic mass is 16.2. The van der Waals surface area contributed by atoms with E-state index in [0.717, 1.165) is 43.1 Å². The van der Waals surface area contributed by atoms with Gasteiger partial charge in [0, 0.05) is 76.4 Å². The summed E-state index contributed by atoms with van der Waals surface area (Å²) >= 11 is 0. The average molecular weight is 446 g/mol. The zero-order valence-electron chi connectivity index (χ0n) is 18.8. The molecule has 3 heterocycles. The third-order valence-corrected chi connectivity index (χ3v) is 5.56. The van der Waals surface area contributed by atoms with Gasteiger partial charge in [-0.05, 0) is 35.9 Å². The number of carbonyl (C=O) groups excluding carboxylic acids is 2. The quantitative estimate of drug-likeness (QED) is 0.535. The summed E-state index contributed by atoms with van der Waals surface area (Å²) in [5, 5.41) is 14.8. The molecule has 1 aromatic carbocycles. The largest absolute Gasteiger partial charge is 0.379 e. The van der Waals surface area contributed by atoms with Crippen molar-refractivity contribution in [2.24, 2.45) is 0 Å². The Kier molecular flexibility index (Phi) is 6.77. The molecule has 3 aromatic rings. The van der Waals surface area contributed by atoms with Crippen molar-refractivity contribution in [3.8, 4) is 0 Å². The summed E-state index contributed by atoms with van der Waals surface area (Å²) in [6, 6.07) is 13.7. The lowest BCUT2D eigenvalue weighted by Gasteiger charge is -2.35. The van der Waals surface area contributed by atoms with Crippen LogP contribution in [0, 0.1) is 0 Å².